The van der Waals surface area contributed by atoms with E-state index in [0.717, 1.165) is 6.07 Å². The largest absolute Gasteiger partial charge is 0.461 e. The third-order valence-corrected chi connectivity index (χ3v) is 6.05. The molecule has 0 aliphatic heterocycles. The van der Waals surface area contributed by atoms with Crippen LogP contribution in [0.1, 0.15) is 33.3 Å². The number of fused-ring (bicyclic) bond motifs is 1. The van der Waals surface area contributed by atoms with Gasteiger partial charge in [0, 0.05) is 34.4 Å². The van der Waals surface area contributed by atoms with Crippen LogP contribution in [0.5, 0.6) is 0 Å². The number of ether oxygens (including phenoxy) is 1. The quantitative estimate of drug-likeness (QED) is 0.178. The number of carbonyl (C=O) groups excluding carboxylic acids is 2. The van der Waals surface area contributed by atoms with Gasteiger partial charge in [0.1, 0.15) is 11.5 Å². The molecule has 0 bridgehead atoms. The van der Waals surface area contributed by atoms with Gasteiger partial charge in [-0.1, -0.05) is 30.3 Å². The van der Waals surface area contributed by atoms with Crippen molar-refractivity contribution in [2.45, 2.75) is 13.1 Å². The number of anilines is 1. The maximum Gasteiger partial charge on any atom is 0.417 e. The summed E-state index contributed by atoms with van der Waals surface area (Å²) in [5.74, 6) is -3.23. The van der Waals surface area contributed by atoms with E-state index in [1.54, 1.807) is 55.5 Å². The lowest BCUT2D eigenvalue weighted by Crippen LogP contribution is -2.17. The van der Waals surface area contributed by atoms with E-state index in [9.17, 15) is 22.8 Å². The van der Waals surface area contributed by atoms with E-state index >= 15 is 4.39 Å². The summed E-state index contributed by atoms with van der Waals surface area (Å²) in [5.41, 5.74) is -0.338. The van der Waals surface area contributed by atoms with Gasteiger partial charge >= 0.3 is 12.1 Å². The molecule has 2 N–H and O–H groups in total. The lowest BCUT2D eigenvalue weighted by molar-refractivity contribution is -0.137. The summed E-state index contributed by atoms with van der Waals surface area (Å²) in [7, 11) is 0. The molecule has 0 saturated heterocycles. The number of nitrogens with zero attached hydrogens (tertiary/aromatic N) is 2. The van der Waals surface area contributed by atoms with Crippen LogP contribution in [0, 0.1) is 5.82 Å². The Bertz CT molecular complexity index is 1720. The van der Waals surface area contributed by atoms with E-state index in [2.05, 4.69) is 20.3 Å². The van der Waals surface area contributed by atoms with Gasteiger partial charge in [-0.25, -0.2) is 19.2 Å². The van der Waals surface area contributed by atoms with Crippen LogP contribution in [0.2, 0.25) is 0 Å². The first kappa shape index (κ1) is 26.5. The molecule has 3 aromatic carbocycles. The van der Waals surface area contributed by atoms with Crippen molar-refractivity contribution in [3.05, 3.63) is 102 Å². The molecule has 2 heterocycles. The molecule has 1 amide bonds. The summed E-state index contributed by atoms with van der Waals surface area (Å²) in [6.07, 6.45) is -2.43. The second-order valence-corrected chi connectivity index (χ2v) is 8.66. The molecule has 0 aliphatic rings. The van der Waals surface area contributed by atoms with Gasteiger partial charge in [-0.2, -0.15) is 13.2 Å². The number of nitrogens with one attached hydrogen (secondary N) is 2. The van der Waals surface area contributed by atoms with Crippen LogP contribution in [0.4, 0.5) is 23.2 Å². The number of alkyl halides is 3. The zero-order valence-electron chi connectivity index (χ0n) is 20.8. The normalized spacial score (nSPS) is 11.4. The lowest BCUT2D eigenvalue weighted by atomic mass is 9.99. The van der Waals surface area contributed by atoms with Crippen molar-refractivity contribution < 1.29 is 31.9 Å². The molecule has 7 nitrogen and oxygen atoms in total. The van der Waals surface area contributed by atoms with Crippen molar-refractivity contribution in [3.63, 3.8) is 0 Å². The molecule has 0 aliphatic carbocycles. The standard InChI is InChI=1S/C29H20F4N4O3/c1-2-40-28(39)25-12-17-11-18(16-7-4-3-5-8-16)24(15-23(17)36-25)37-27(38)20-13-19(26-34-9-6-10-35-26)21(14-22(20)30)29(31,32)33/h3-15,36H,2H2,1H3,(H,37,38). The van der Waals surface area contributed by atoms with Crippen LogP contribution in [0.25, 0.3) is 33.4 Å². The van der Waals surface area contributed by atoms with Crippen molar-refractivity contribution in [2.75, 3.05) is 11.9 Å². The first-order chi connectivity index (χ1) is 19.2. The van der Waals surface area contributed by atoms with Crippen LogP contribution < -0.4 is 5.32 Å². The topological polar surface area (TPSA) is 97.0 Å². The predicted molar refractivity (Wildman–Crippen MR) is 140 cm³/mol. The number of H-pyrrole nitrogens is 1. The number of benzene rings is 3. The lowest BCUT2D eigenvalue weighted by Gasteiger charge is -2.16. The van der Waals surface area contributed by atoms with E-state index in [1.165, 1.54) is 18.5 Å². The van der Waals surface area contributed by atoms with Crippen LogP contribution in [-0.2, 0) is 10.9 Å². The van der Waals surface area contributed by atoms with Gasteiger partial charge in [-0.15, -0.1) is 0 Å². The Hall–Kier alpha value is -5.06. The van der Waals surface area contributed by atoms with Crippen molar-refractivity contribution in [1.82, 2.24) is 15.0 Å². The molecule has 0 fully saturated rings. The summed E-state index contributed by atoms with van der Waals surface area (Å²) in [6.45, 7) is 1.86. The summed E-state index contributed by atoms with van der Waals surface area (Å²) < 4.78 is 61.3. The Balaban J connectivity index is 1.61. The van der Waals surface area contributed by atoms with E-state index < -0.39 is 40.6 Å². The minimum atomic E-state index is -4.92. The molecule has 5 aromatic rings. The SMILES string of the molecule is CCOC(=O)c1cc2cc(-c3ccccc3)c(NC(=O)c3cc(-c4ncccn4)c(C(F)(F)F)cc3F)cc2[nH]1. The number of aromatic nitrogens is 3. The maximum atomic E-state index is 15.0. The Morgan fingerprint density at radius 1 is 0.950 bits per heavy atom. The van der Waals surface area contributed by atoms with Gasteiger partial charge in [0.25, 0.3) is 5.91 Å². The molecule has 40 heavy (non-hydrogen) atoms. The monoisotopic (exact) mass is 548 g/mol. The zero-order valence-corrected chi connectivity index (χ0v) is 20.8. The number of carbonyl (C=O) groups is 2. The molecule has 0 spiro atoms. The smallest absolute Gasteiger partial charge is 0.417 e. The van der Waals surface area contributed by atoms with E-state index in [0.29, 0.717) is 22.0 Å². The molecule has 2 aromatic heterocycles. The average Bonchev–Trinajstić information content (AvgIpc) is 3.36. The number of rotatable bonds is 6. The van der Waals surface area contributed by atoms with Gasteiger partial charge in [0.05, 0.1) is 23.4 Å². The number of aromatic amines is 1. The summed E-state index contributed by atoms with van der Waals surface area (Å²) in [5, 5.41) is 3.26. The number of esters is 1. The number of hydrogen-bond acceptors (Lipinski definition) is 5. The number of amides is 1. The highest BCUT2D eigenvalue weighted by Gasteiger charge is 2.36. The van der Waals surface area contributed by atoms with Gasteiger partial charge in [0.2, 0.25) is 0 Å². The van der Waals surface area contributed by atoms with Gasteiger partial charge in [0.15, 0.2) is 5.82 Å². The second kappa shape index (κ2) is 10.6. The minimum Gasteiger partial charge on any atom is -0.461 e. The molecule has 0 atom stereocenters. The average molecular weight is 548 g/mol. The molecule has 5 rings (SSSR count). The van der Waals surface area contributed by atoms with E-state index in [4.69, 9.17) is 4.74 Å². The first-order valence-corrected chi connectivity index (χ1v) is 12.0. The third kappa shape index (κ3) is 5.26. The summed E-state index contributed by atoms with van der Waals surface area (Å²) in [4.78, 5) is 36.2. The van der Waals surface area contributed by atoms with E-state index in [1.807, 2.05) is 0 Å². The summed E-state index contributed by atoms with van der Waals surface area (Å²) >= 11 is 0. The van der Waals surface area contributed by atoms with Crippen LogP contribution in [0.3, 0.4) is 0 Å². The van der Waals surface area contributed by atoms with Crippen LogP contribution in [0.15, 0.2) is 79.1 Å². The fourth-order valence-corrected chi connectivity index (χ4v) is 4.25. The number of hydrogen-bond donors (Lipinski definition) is 2. The Morgan fingerprint density at radius 3 is 2.35 bits per heavy atom. The van der Waals surface area contributed by atoms with Crippen molar-refractivity contribution in [2.24, 2.45) is 0 Å². The highest BCUT2D eigenvalue weighted by Crippen LogP contribution is 2.38. The van der Waals surface area contributed by atoms with Crippen LogP contribution >= 0.6 is 0 Å². The Labute approximate surface area is 224 Å². The van der Waals surface area contributed by atoms with Crippen molar-refractivity contribution in [1.29, 1.82) is 0 Å². The molecule has 11 heteroatoms. The second-order valence-electron chi connectivity index (χ2n) is 8.66. The Kier molecular flexibility index (Phi) is 7.03. The molecule has 0 saturated carbocycles. The maximum absolute atomic E-state index is 15.0. The molecule has 202 valence electrons. The zero-order chi connectivity index (χ0) is 28.4. The third-order valence-electron chi connectivity index (χ3n) is 6.05. The first-order valence-electron chi connectivity index (χ1n) is 12.0. The van der Waals surface area contributed by atoms with Gasteiger partial charge in [-0.3, -0.25) is 4.79 Å². The highest BCUT2D eigenvalue weighted by molar-refractivity contribution is 6.09. The van der Waals surface area contributed by atoms with Crippen LogP contribution in [-0.4, -0.2) is 33.4 Å². The summed E-state index contributed by atoms with van der Waals surface area (Å²) in [6, 6.07) is 16.3. The van der Waals surface area contributed by atoms with Crippen molar-refractivity contribution in [3.8, 4) is 22.5 Å². The molecule has 0 radical (unpaired) electrons. The van der Waals surface area contributed by atoms with Crippen molar-refractivity contribution >= 4 is 28.5 Å². The highest BCUT2D eigenvalue weighted by atomic mass is 19.4. The predicted octanol–water partition coefficient (Wildman–Crippen LogP) is 6.88. The number of halogens is 4. The fourth-order valence-electron chi connectivity index (χ4n) is 4.25. The van der Waals surface area contributed by atoms with Gasteiger partial charge in [-0.05, 0) is 48.9 Å². The van der Waals surface area contributed by atoms with E-state index in [-0.39, 0.29) is 29.9 Å². The molecule has 0 unspecified atom stereocenters. The molecular formula is C29H20F4N4O3. The fraction of sp³-hybridized carbons (Fsp3) is 0.103. The molecular weight excluding hydrogens is 528 g/mol. The Morgan fingerprint density at radius 2 is 1.68 bits per heavy atom. The minimum absolute atomic E-state index is 0.180. The van der Waals surface area contributed by atoms with Gasteiger partial charge < -0.3 is 15.0 Å².